The van der Waals surface area contributed by atoms with Crippen molar-refractivity contribution >= 4 is 33.2 Å². The van der Waals surface area contributed by atoms with E-state index in [1.807, 2.05) is 0 Å². The molecular weight excluding hydrogens is 527 g/mol. The van der Waals surface area contributed by atoms with E-state index in [-0.39, 0.29) is 40.7 Å². The molecule has 190 valence electrons. The monoisotopic (exact) mass is 544 g/mol. The molecule has 4 rings (SSSR count). The van der Waals surface area contributed by atoms with Gasteiger partial charge in [-0.1, -0.05) is 23.7 Å². The molecule has 3 aromatic carbocycles. The second kappa shape index (κ2) is 9.79. The topological polar surface area (TPSA) is 66.5 Å². The number of nitrogens with one attached hydrogen (secondary N) is 1. The van der Waals surface area contributed by atoms with E-state index in [1.165, 1.54) is 22.5 Å². The van der Waals surface area contributed by atoms with E-state index in [4.69, 9.17) is 11.6 Å². The Kier molecular flexibility index (Phi) is 7.09. The highest BCUT2D eigenvalue weighted by Crippen LogP contribution is 2.35. The zero-order valence-corrected chi connectivity index (χ0v) is 19.9. The summed E-state index contributed by atoms with van der Waals surface area (Å²) in [6.45, 7) is 0.0548. The molecule has 3 aromatic rings. The Bertz CT molecular complexity index is 1430. The average Bonchev–Trinajstić information content (AvgIpc) is 2.80. The van der Waals surface area contributed by atoms with E-state index in [1.54, 1.807) is 6.07 Å². The second-order valence-corrected chi connectivity index (χ2v) is 10.5. The summed E-state index contributed by atoms with van der Waals surface area (Å²) in [6, 6.07) is 9.84. The molecule has 0 saturated heterocycles. The lowest BCUT2D eigenvalue weighted by molar-refractivity contribution is -0.140. The third kappa shape index (κ3) is 5.37. The predicted molar refractivity (Wildman–Crippen MR) is 123 cm³/mol. The first kappa shape index (κ1) is 26.1. The number of anilines is 1. The summed E-state index contributed by atoms with van der Waals surface area (Å²) >= 11 is 6.27. The van der Waals surface area contributed by atoms with E-state index in [0.717, 1.165) is 18.2 Å². The van der Waals surface area contributed by atoms with Crippen LogP contribution < -0.4 is 5.32 Å². The number of fused-ring (bicyclic) bond motifs is 1. The van der Waals surface area contributed by atoms with Gasteiger partial charge >= 0.3 is 6.18 Å². The third-order valence-electron chi connectivity index (χ3n) is 5.74. The van der Waals surface area contributed by atoms with Crippen molar-refractivity contribution in [3.8, 4) is 0 Å². The Morgan fingerprint density at radius 3 is 2.36 bits per heavy atom. The molecule has 0 bridgehead atoms. The van der Waals surface area contributed by atoms with Crippen molar-refractivity contribution in [3.63, 3.8) is 0 Å². The third-order valence-corrected chi connectivity index (χ3v) is 7.91. The van der Waals surface area contributed by atoms with Crippen molar-refractivity contribution in [2.24, 2.45) is 0 Å². The van der Waals surface area contributed by atoms with Gasteiger partial charge in [-0.15, -0.1) is 0 Å². The minimum Gasteiger partial charge on any atom is -0.324 e. The van der Waals surface area contributed by atoms with Gasteiger partial charge in [0.25, 0.3) is 0 Å². The first-order valence-corrected chi connectivity index (χ1v) is 12.4. The molecule has 0 spiro atoms. The summed E-state index contributed by atoms with van der Waals surface area (Å²) in [5.41, 5.74) is 0.0695. The van der Waals surface area contributed by atoms with E-state index in [0.29, 0.717) is 23.3 Å². The Balaban J connectivity index is 1.52. The van der Waals surface area contributed by atoms with Gasteiger partial charge in [-0.05, 0) is 65.6 Å². The maximum absolute atomic E-state index is 13.8. The van der Waals surface area contributed by atoms with Crippen molar-refractivity contribution < 1.29 is 35.2 Å². The van der Waals surface area contributed by atoms with Crippen LogP contribution in [0.3, 0.4) is 0 Å². The van der Waals surface area contributed by atoms with Crippen LogP contribution in [0.4, 0.5) is 27.6 Å². The zero-order valence-electron chi connectivity index (χ0n) is 18.4. The lowest BCUT2D eigenvalue weighted by atomic mass is 9.98. The van der Waals surface area contributed by atoms with Crippen molar-refractivity contribution in [2.45, 2.75) is 30.5 Å². The lowest BCUT2D eigenvalue weighted by Crippen LogP contribution is -2.36. The molecule has 5 nitrogen and oxygen atoms in total. The predicted octanol–water partition coefficient (Wildman–Crippen LogP) is 5.57. The van der Waals surface area contributed by atoms with Crippen molar-refractivity contribution in [1.29, 1.82) is 0 Å². The van der Waals surface area contributed by atoms with Crippen molar-refractivity contribution in [1.82, 2.24) is 4.31 Å². The molecule has 0 radical (unpaired) electrons. The van der Waals surface area contributed by atoms with E-state index >= 15 is 0 Å². The molecule has 1 aliphatic heterocycles. The number of rotatable bonds is 5. The van der Waals surface area contributed by atoms with Crippen LogP contribution in [0.1, 0.15) is 22.3 Å². The van der Waals surface area contributed by atoms with Gasteiger partial charge in [0.05, 0.1) is 27.6 Å². The van der Waals surface area contributed by atoms with E-state index in [9.17, 15) is 35.2 Å². The van der Waals surface area contributed by atoms with Crippen LogP contribution in [-0.4, -0.2) is 25.2 Å². The van der Waals surface area contributed by atoms with Gasteiger partial charge in [-0.25, -0.2) is 17.2 Å². The number of nitrogens with zero attached hydrogens (tertiary/aromatic N) is 1. The fourth-order valence-electron chi connectivity index (χ4n) is 3.97. The van der Waals surface area contributed by atoms with Gasteiger partial charge in [0.1, 0.15) is 11.6 Å². The Hall–Kier alpha value is -3.02. The molecule has 0 atom stereocenters. The molecule has 1 aliphatic rings. The van der Waals surface area contributed by atoms with Gasteiger partial charge in [0, 0.05) is 13.1 Å². The molecule has 1 amide bonds. The highest BCUT2D eigenvalue weighted by molar-refractivity contribution is 7.89. The number of alkyl halides is 3. The number of hydrogen-bond acceptors (Lipinski definition) is 3. The summed E-state index contributed by atoms with van der Waals surface area (Å²) in [7, 11) is -3.90. The summed E-state index contributed by atoms with van der Waals surface area (Å²) < 4.78 is 92.5. The molecule has 0 unspecified atom stereocenters. The number of hydrogen-bond donors (Lipinski definition) is 1. The van der Waals surface area contributed by atoms with Crippen LogP contribution in [0.2, 0.25) is 5.02 Å². The van der Waals surface area contributed by atoms with Gasteiger partial charge in [0.2, 0.25) is 15.9 Å². The first-order chi connectivity index (χ1) is 16.9. The van der Waals surface area contributed by atoms with Crippen molar-refractivity contribution in [2.75, 3.05) is 11.9 Å². The smallest absolute Gasteiger partial charge is 0.324 e. The summed E-state index contributed by atoms with van der Waals surface area (Å²) in [5.74, 6) is -2.68. The van der Waals surface area contributed by atoms with Crippen LogP contribution in [-0.2, 0) is 40.4 Å². The van der Waals surface area contributed by atoms with Crippen molar-refractivity contribution in [3.05, 3.63) is 93.5 Å². The average molecular weight is 545 g/mol. The highest BCUT2D eigenvalue weighted by atomic mass is 35.5. The maximum atomic E-state index is 13.8. The number of amides is 1. The number of carbonyl (C=O) groups is 1. The Morgan fingerprint density at radius 1 is 1.03 bits per heavy atom. The number of carbonyl (C=O) groups excluding carboxylic acids is 1. The molecule has 1 heterocycles. The van der Waals surface area contributed by atoms with Gasteiger partial charge < -0.3 is 5.32 Å². The number of sulfonamides is 1. The Labute approximate surface area is 208 Å². The van der Waals surface area contributed by atoms with Gasteiger partial charge in [0.15, 0.2) is 0 Å². The van der Waals surface area contributed by atoms with Gasteiger partial charge in [-0.3, -0.25) is 4.79 Å². The molecule has 12 heteroatoms. The fourth-order valence-corrected chi connectivity index (χ4v) is 5.61. The van der Waals surface area contributed by atoms with Crippen LogP contribution in [0.25, 0.3) is 0 Å². The first-order valence-electron chi connectivity index (χ1n) is 10.6. The minimum atomic E-state index is -4.85. The molecule has 0 saturated carbocycles. The summed E-state index contributed by atoms with van der Waals surface area (Å²) in [4.78, 5) is 12.5. The molecule has 0 aromatic heterocycles. The van der Waals surface area contributed by atoms with Crippen LogP contribution in [0.15, 0.2) is 59.5 Å². The van der Waals surface area contributed by atoms with Crippen LogP contribution in [0, 0.1) is 11.6 Å². The standard InChI is InChI=1S/C24H18ClF5N2O3S/c25-20-8-2-15-13-32(36(34,35)17-5-3-16(26)4-6-17)10-9-18(15)23(20)31-22(33)12-14-1-7-19(21(27)11-14)24(28,29)30/h1-8,11H,9-10,12-13H2,(H,31,33). The molecular formula is C24H18ClF5N2O3S. The normalized spacial score (nSPS) is 14.4. The maximum Gasteiger partial charge on any atom is 0.419 e. The molecule has 1 N–H and O–H groups in total. The SMILES string of the molecule is O=C(Cc1ccc(C(F)(F)F)c(F)c1)Nc1c(Cl)ccc2c1CCN(S(=O)(=O)c1ccc(F)cc1)C2. The minimum absolute atomic E-state index is 0.0147. The highest BCUT2D eigenvalue weighted by Gasteiger charge is 2.34. The van der Waals surface area contributed by atoms with Gasteiger partial charge in [-0.2, -0.15) is 17.5 Å². The molecule has 0 aliphatic carbocycles. The molecule has 0 fully saturated rings. The van der Waals surface area contributed by atoms with E-state index < -0.39 is 45.7 Å². The lowest BCUT2D eigenvalue weighted by Gasteiger charge is -2.30. The Morgan fingerprint density at radius 2 is 1.72 bits per heavy atom. The number of halogens is 6. The van der Waals surface area contributed by atoms with Crippen LogP contribution >= 0.6 is 11.6 Å². The van der Waals surface area contributed by atoms with Crippen LogP contribution in [0.5, 0.6) is 0 Å². The van der Waals surface area contributed by atoms with E-state index in [2.05, 4.69) is 5.32 Å². The molecule has 36 heavy (non-hydrogen) atoms. The largest absolute Gasteiger partial charge is 0.419 e. The summed E-state index contributed by atoms with van der Waals surface area (Å²) in [6.07, 6.45) is -5.04. The number of benzene rings is 3. The second-order valence-electron chi connectivity index (χ2n) is 8.14. The zero-order chi connectivity index (χ0) is 26.3. The summed E-state index contributed by atoms with van der Waals surface area (Å²) in [5, 5.41) is 2.81. The quantitative estimate of drug-likeness (QED) is 0.427. The fraction of sp³-hybridized carbons (Fsp3) is 0.208.